The van der Waals surface area contributed by atoms with E-state index < -0.39 is 0 Å². The second kappa shape index (κ2) is 5.99. The predicted octanol–water partition coefficient (Wildman–Crippen LogP) is 2.10. The summed E-state index contributed by atoms with van der Waals surface area (Å²) in [6.45, 7) is 2.93. The highest BCUT2D eigenvalue weighted by Crippen LogP contribution is 2.27. The van der Waals surface area contributed by atoms with Crippen molar-refractivity contribution in [2.75, 3.05) is 13.7 Å². The zero-order valence-corrected chi connectivity index (χ0v) is 10.6. The smallest absolute Gasteiger partial charge is 0.0604 e. The highest BCUT2D eigenvalue weighted by Gasteiger charge is 2.32. The van der Waals surface area contributed by atoms with Gasteiger partial charge in [0.1, 0.15) is 0 Å². The van der Waals surface area contributed by atoms with Gasteiger partial charge in [-0.05, 0) is 45.4 Å². The molecule has 0 aromatic rings. The zero-order valence-electron chi connectivity index (χ0n) is 10.6. The Labute approximate surface area is 98.9 Å². The minimum atomic E-state index is 0.481. The van der Waals surface area contributed by atoms with E-state index in [1.807, 2.05) is 7.11 Å². The van der Waals surface area contributed by atoms with Crippen LogP contribution in [0.2, 0.25) is 0 Å². The summed E-state index contributed by atoms with van der Waals surface area (Å²) in [7, 11) is 1.83. The minimum absolute atomic E-state index is 0.481. The lowest BCUT2D eigenvalue weighted by Gasteiger charge is -2.40. The molecule has 2 aliphatic carbocycles. The first-order valence-electron chi connectivity index (χ1n) is 6.72. The third-order valence-corrected chi connectivity index (χ3v) is 3.93. The number of methoxy groups -OCH3 is 1. The summed E-state index contributed by atoms with van der Waals surface area (Å²) in [5, 5.41) is 3.75. The molecule has 2 aliphatic rings. The molecule has 2 rings (SSSR count). The van der Waals surface area contributed by atoms with Crippen LogP contribution in [0, 0.1) is 0 Å². The van der Waals surface area contributed by atoms with E-state index >= 15 is 0 Å². The average molecular weight is 227 g/mol. The molecule has 0 amide bonds. The Balaban J connectivity index is 1.63. The zero-order chi connectivity index (χ0) is 11.4. The van der Waals surface area contributed by atoms with E-state index in [0.717, 1.165) is 6.61 Å². The third-order valence-electron chi connectivity index (χ3n) is 3.93. The molecule has 0 aromatic carbocycles. The van der Waals surface area contributed by atoms with E-state index in [9.17, 15) is 0 Å². The molecule has 3 nitrogen and oxygen atoms in total. The predicted molar refractivity (Wildman–Crippen MR) is 64.6 cm³/mol. The molecule has 94 valence electrons. The second-order valence-electron chi connectivity index (χ2n) is 5.13. The summed E-state index contributed by atoms with van der Waals surface area (Å²) >= 11 is 0. The van der Waals surface area contributed by atoms with Crippen molar-refractivity contribution in [3.8, 4) is 0 Å². The first kappa shape index (κ1) is 12.3. The topological polar surface area (TPSA) is 30.5 Å². The quantitative estimate of drug-likeness (QED) is 0.780. The van der Waals surface area contributed by atoms with Crippen LogP contribution in [0.3, 0.4) is 0 Å². The van der Waals surface area contributed by atoms with Crippen molar-refractivity contribution in [3.05, 3.63) is 0 Å². The molecule has 2 saturated carbocycles. The van der Waals surface area contributed by atoms with Crippen LogP contribution in [0.4, 0.5) is 0 Å². The van der Waals surface area contributed by atoms with Crippen molar-refractivity contribution < 1.29 is 9.47 Å². The van der Waals surface area contributed by atoms with E-state index in [0.29, 0.717) is 24.3 Å². The summed E-state index contributed by atoms with van der Waals surface area (Å²) in [5.74, 6) is 0. The van der Waals surface area contributed by atoms with Crippen LogP contribution >= 0.6 is 0 Å². The van der Waals surface area contributed by atoms with Gasteiger partial charge in [0.15, 0.2) is 0 Å². The molecular formula is C13H25NO2. The lowest BCUT2D eigenvalue weighted by atomic mass is 9.86. The maximum Gasteiger partial charge on any atom is 0.0604 e. The van der Waals surface area contributed by atoms with E-state index in [1.165, 1.54) is 38.5 Å². The van der Waals surface area contributed by atoms with Gasteiger partial charge in [0.25, 0.3) is 0 Å². The summed E-state index contributed by atoms with van der Waals surface area (Å²) < 4.78 is 11.0. The molecule has 0 radical (unpaired) electrons. The number of rotatable bonds is 5. The van der Waals surface area contributed by atoms with Crippen LogP contribution in [0.15, 0.2) is 0 Å². The molecule has 0 bridgehead atoms. The highest BCUT2D eigenvalue weighted by atomic mass is 16.5. The van der Waals surface area contributed by atoms with Gasteiger partial charge in [-0.15, -0.1) is 0 Å². The monoisotopic (exact) mass is 227 g/mol. The molecule has 0 spiro atoms. The Hall–Kier alpha value is -0.120. The van der Waals surface area contributed by atoms with Gasteiger partial charge in [0, 0.05) is 25.8 Å². The summed E-state index contributed by atoms with van der Waals surface area (Å²) in [6.07, 6.45) is 8.43. The van der Waals surface area contributed by atoms with Crippen LogP contribution in [0.5, 0.6) is 0 Å². The van der Waals surface area contributed by atoms with Gasteiger partial charge in [-0.3, -0.25) is 0 Å². The number of nitrogens with one attached hydrogen (secondary N) is 1. The van der Waals surface area contributed by atoms with Crippen molar-refractivity contribution in [3.63, 3.8) is 0 Å². The summed E-state index contributed by atoms with van der Waals surface area (Å²) in [5.41, 5.74) is 0. The first-order valence-corrected chi connectivity index (χ1v) is 6.72. The molecule has 3 heteroatoms. The van der Waals surface area contributed by atoms with Crippen LogP contribution in [-0.2, 0) is 9.47 Å². The average Bonchev–Trinajstić information content (AvgIpc) is 2.27. The van der Waals surface area contributed by atoms with Gasteiger partial charge < -0.3 is 14.8 Å². The molecule has 2 atom stereocenters. The fraction of sp³-hybridized carbons (Fsp3) is 1.00. The minimum Gasteiger partial charge on any atom is -0.381 e. The molecule has 0 heterocycles. The lowest BCUT2D eigenvalue weighted by molar-refractivity contribution is -0.0172. The van der Waals surface area contributed by atoms with E-state index in [1.54, 1.807) is 0 Å². The Bertz CT molecular complexity index is 204. The Morgan fingerprint density at radius 3 is 2.50 bits per heavy atom. The van der Waals surface area contributed by atoms with E-state index in [2.05, 4.69) is 12.2 Å². The van der Waals surface area contributed by atoms with Crippen molar-refractivity contribution in [1.82, 2.24) is 5.32 Å². The fourth-order valence-electron chi connectivity index (χ4n) is 2.92. The van der Waals surface area contributed by atoms with E-state index in [4.69, 9.17) is 9.47 Å². The molecule has 0 saturated heterocycles. The van der Waals surface area contributed by atoms with Gasteiger partial charge in [0.05, 0.1) is 12.2 Å². The standard InChI is InChI=1S/C13H25NO2/c1-3-16-13-8-11(9-13)14-10-5-4-6-12(7-10)15-2/h10-14H,3-9H2,1-2H3. The normalized spacial score (nSPS) is 39.4. The molecule has 2 unspecified atom stereocenters. The van der Waals surface area contributed by atoms with Crippen molar-refractivity contribution in [1.29, 1.82) is 0 Å². The lowest BCUT2D eigenvalue weighted by Crippen LogP contribution is -2.51. The fourth-order valence-corrected chi connectivity index (χ4v) is 2.92. The van der Waals surface area contributed by atoms with Gasteiger partial charge >= 0.3 is 0 Å². The third kappa shape index (κ3) is 3.19. The Morgan fingerprint density at radius 2 is 1.81 bits per heavy atom. The maximum absolute atomic E-state index is 5.57. The van der Waals surface area contributed by atoms with Crippen LogP contribution in [-0.4, -0.2) is 38.0 Å². The largest absolute Gasteiger partial charge is 0.381 e. The summed E-state index contributed by atoms with van der Waals surface area (Å²) in [6, 6.07) is 1.36. The molecule has 1 N–H and O–H groups in total. The van der Waals surface area contributed by atoms with Crippen LogP contribution < -0.4 is 5.32 Å². The second-order valence-corrected chi connectivity index (χ2v) is 5.13. The van der Waals surface area contributed by atoms with Crippen molar-refractivity contribution >= 4 is 0 Å². The Kier molecular flexibility index (Phi) is 4.62. The van der Waals surface area contributed by atoms with Crippen molar-refractivity contribution in [2.45, 2.75) is 69.7 Å². The highest BCUT2D eigenvalue weighted by molar-refractivity contribution is 4.90. The number of hydrogen-bond donors (Lipinski definition) is 1. The molecule has 0 aliphatic heterocycles. The van der Waals surface area contributed by atoms with Crippen LogP contribution in [0.1, 0.15) is 45.4 Å². The van der Waals surface area contributed by atoms with Crippen LogP contribution in [0.25, 0.3) is 0 Å². The first-order chi connectivity index (χ1) is 7.81. The number of hydrogen-bond acceptors (Lipinski definition) is 3. The van der Waals surface area contributed by atoms with Gasteiger partial charge in [-0.2, -0.15) is 0 Å². The molecule has 0 aromatic heterocycles. The van der Waals surface area contributed by atoms with Gasteiger partial charge in [-0.1, -0.05) is 0 Å². The molecule has 16 heavy (non-hydrogen) atoms. The summed E-state index contributed by atoms with van der Waals surface area (Å²) in [4.78, 5) is 0. The number of ether oxygens (including phenoxy) is 2. The van der Waals surface area contributed by atoms with E-state index in [-0.39, 0.29) is 0 Å². The molecule has 2 fully saturated rings. The Morgan fingerprint density at radius 1 is 1.06 bits per heavy atom. The SMILES string of the molecule is CCOC1CC(NC2CCCC(OC)C2)C1. The van der Waals surface area contributed by atoms with Gasteiger partial charge in [0.2, 0.25) is 0 Å². The molecular weight excluding hydrogens is 202 g/mol. The van der Waals surface area contributed by atoms with Gasteiger partial charge in [-0.25, -0.2) is 0 Å². The van der Waals surface area contributed by atoms with Crippen molar-refractivity contribution in [2.24, 2.45) is 0 Å². The maximum atomic E-state index is 5.57.